The topological polar surface area (TPSA) is 163 Å². The van der Waals surface area contributed by atoms with Crippen molar-refractivity contribution >= 4 is 29.8 Å². The first-order valence-electron chi connectivity index (χ1n) is 15.7. The number of rotatable bonds is 16. The molecule has 46 heavy (non-hydrogen) atoms. The first kappa shape index (κ1) is 37.8. The summed E-state index contributed by atoms with van der Waals surface area (Å²) < 4.78 is 5.35. The van der Waals surface area contributed by atoms with Gasteiger partial charge in [-0.25, -0.2) is 9.59 Å². The van der Waals surface area contributed by atoms with E-state index in [1.807, 2.05) is 64.1 Å². The van der Waals surface area contributed by atoms with E-state index in [2.05, 4.69) is 21.3 Å². The number of carboxylic acids is 1. The van der Waals surface area contributed by atoms with Crippen molar-refractivity contribution in [1.29, 1.82) is 0 Å². The molecule has 0 bridgehead atoms. The van der Waals surface area contributed by atoms with Crippen molar-refractivity contribution in [3.05, 3.63) is 71.8 Å². The summed E-state index contributed by atoms with van der Waals surface area (Å²) in [7, 11) is 0. The van der Waals surface area contributed by atoms with Crippen LogP contribution in [0.5, 0.6) is 0 Å². The molecule has 11 nitrogen and oxygen atoms in total. The van der Waals surface area contributed by atoms with Crippen LogP contribution in [-0.4, -0.2) is 64.7 Å². The van der Waals surface area contributed by atoms with E-state index in [9.17, 15) is 29.1 Å². The van der Waals surface area contributed by atoms with Gasteiger partial charge in [-0.2, -0.15) is 0 Å². The quantitative estimate of drug-likeness (QED) is 0.186. The van der Waals surface area contributed by atoms with Crippen molar-refractivity contribution < 1.29 is 33.8 Å². The molecule has 5 N–H and O–H groups in total. The summed E-state index contributed by atoms with van der Waals surface area (Å²) in [6.45, 7) is 12.7. The number of carboxylic acid groups (broad SMARTS) is 1. The predicted octanol–water partition coefficient (Wildman–Crippen LogP) is 4.00. The monoisotopic (exact) mass is 638 g/mol. The molecule has 2 rings (SSSR count). The lowest BCUT2D eigenvalue weighted by atomic mass is 9.99. The fourth-order valence-electron chi connectivity index (χ4n) is 4.78. The molecule has 0 aromatic heterocycles. The molecular weight excluding hydrogens is 588 g/mol. The number of carbonyl (C=O) groups is 5. The van der Waals surface area contributed by atoms with Crippen molar-refractivity contribution in [2.45, 2.75) is 104 Å². The molecule has 2 aromatic rings. The van der Waals surface area contributed by atoms with E-state index < -0.39 is 59.6 Å². The number of amides is 4. The first-order valence-corrected chi connectivity index (χ1v) is 15.7. The molecule has 4 atom stereocenters. The molecule has 0 heterocycles. The van der Waals surface area contributed by atoms with Crippen LogP contribution < -0.4 is 21.3 Å². The lowest BCUT2D eigenvalue weighted by Gasteiger charge is -2.28. The maximum atomic E-state index is 13.8. The summed E-state index contributed by atoms with van der Waals surface area (Å²) >= 11 is 0. The summed E-state index contributed by atoms with van der Waals surface area (Å²) in [4.78, 5) is 65.4. The minimum absolute atomic E-state index is 0.0240. The highest BCUT2D eigenvalue weighted by Gasteiger charge is 2.32. The largest absolute Gasteiger partial charge is 0.480 e. The molecule has 0 radical (unpaired) electrons. The molecule has 0 aliphatic heterocycles. The summed E-state index contributed by atoms with van der Waals surface area (Å²) in [6.07, 6.45) is -0.0483. The molecule has 2 aromatic carbocycles. The number of ether oxygens (including phenoxy) is 1. The summed E-state index contributed by atoms with van der Waals surface area (Å²) in [5.74, 6) is -3.02. The van der Waals surface area contributed by atoms with Crippen molar-refractivity contribution in [2.75, 3.05) is 0 Å². The molecule has 252 valence electrons. The highest BCUT2D eigenvalue weighted by Crippen LogP contribution is 2.13. The number of nitrogens with one attached hydrogen (secondary N) is 4. The Morgan fingerprint density at radius 2 is 0.978 bits per heavy atom. The van der Waals surface area contributed by atoms with Gasteiger partial charge in [-0.15, -0.1) is 0 Å². The molecule has 0 unspecified atom stereocenters. The minimum Gasteiger partial charge on any atom is -0.480 e. The Morgan fingerprint density at radius 1 is 0.609 bits per heavy atom. The Bertz CT molecular complexity index is 1290. The van der Waals surface area contributed by atoms with Crippen LogP contribution >= 0.6 is 0 Å². The highest BCUT2D eigenvalue weighted by atomic mass is 16.6. The van der Waals surface area contributed by atoms with E-state index in [1.165, 1.54) is 0 Å². The maximum Gasteiger partial charge on any atom is 0.408 e. The number of alkyl carbamates (subject to hydrolysis) is 1. The second-order valence-electron chi connectivity index (χ2n) is 13.4. The Morgan fingerprint density at radius 3 is 1.39 bits per heavy atom. The van der Waals surface area contributed by atoms with Gasteiger partial charge in [-0.3, -0.25) is 14.4 Å². The summed E-state index contributed by atoms with van der Waals surface area (Å²) in [6, 6.07) is 13.7. The lowest BCUT2D eigenvalue weighted by molar-refractivity contribution is -0.142. The van der Waals surface area contributed by atoms with Gasteiger partial charge in [0.2, 0.25) is 17.7 Å². The maximum absolute atomic E-state index is 13.8. The van der Waals surface area contributed by atoms with Crippen LogP contribution in [0, 0.1) is 11.8 Å². The van der Waals surface area contributed by atoms with Crippen LogP contribution in [0.2, 0.25) is 0 Å². The molecule has 0 spiro atoms. The van der Waals surface area contributed by atoms with Crippen LogP contribution in [0.4, 0.5) is 4.79 Å². The van der Waals surface area contributed by atoms with Gasteiger partial charge in [0, 0.05) is 12.8 Å². The normalized spacial score (nSPS) is 14.0. The Labute approximate surface area is 272 Å². The Balaban J connectivity index is 2.30. The van der Waals surface area contributed by atoms with Crippen LogP contribution in [0.15, 0.2) is 60.7 Å². The van der Waals surface area contributed by atoms with Crippen LogP contribution in [-0.2, 0) is 36.8 Å². The zero-order chi connectivity index (χ0) is 34.4. The summed E-state index contributed by atoms with van der Waals surface area (Å²) in [5, 5.41) is 20.6. The standard InChI is InChI=1S/C35H50N4O7/c1-22(2)18-26(30(40)38-29(33(43)44)21-25-16-12-9-13-17-25)36-32(42)28(20-24-14-10-8-11-15-24)37-31(41)27(19-23(3)4)39-34(45)46-35(5,6)7/h8-17,22-23,26-29H,18-21H2,1-7H3,(H,36,42)(H,37,41)(H,38,40)(H,39,45)(H,43,44)/t26-,27-,28-,29-/m0/s1. The predicted molar refractivity (Wildman–Crippen MR) is 176 cm³/mol. The van der Waals surface area contributed by atoms with Gasteiger partial charge in [0.15, 0.2) is 0 Å². The van der Waals surface area contributed by atoms with Crippen molar-refractivity contribution in [3.63, 3.8) is 0 Å². The second kappa shape index (κ2) is 17.9. The van der Waals surface area contributed by atoms with Crippen LogP contribution in [0.1, 0.15) is 72.4 Å². The molecule has 11 heteroatoms. The van der Waals surface area contributed by atoms with E-state index in [-0.39, 0.29) is 31.1 Å². The molecule has 0 saturated heterocycles. The molecule has 0 saturated carbocycles. The molecule has 0 aliphatic carbocycles. The Hall–Kier alpha value is -4.41. The third-order valence-corrected chi connectivity index (χ3v) is 6.87. The van der Waals surface area contributed by atoms with Crippen molar-refractivity contribution in [3.8, 4) is 0 Å². The average Bonchev–Trinajstić information content (AvgIpc) is 2.95. The Kier molecular flexibility index (Phi) is 14.7. The minimum atomic E-state index is -1.21. The van der Waals surface area contributed by atoms with Gasteiger partial charge >= 0.3 is 12.1 Å². The van der Waals surface area contributed by atoms with Gasteiger partial charge in [-0.1, -0.05) is 88.4 Å². The fraction of sp³-hybridized carbons (Fsp3) is 0.514. The number of benzene rings is 2. The van der Waals surface area contributed by atoms with E-state index in [4.69, 9.17) is 4.74 Å². The zero-order valence-corrected chi connectivity index (χ0v) is 28.0. The van der Waals surface area contributed by atoms with E-state index in [0.29, 0.717) is 6.42 Å². The van der Waals surface area contributed by atoms with E-state index in [1.54, 1.807) is 45.0 Å². The van der Waals surface area contributed by atoms with Crippen LogP contribution in [0.25, 0.3) is 0 Å². The van der Waals surface area contributed by atoms with Gasteiger partial charge < -0.3 is 31.1 Å². The number of aliphatic carboxylic acids is 1. The second-order valence-corrected chi connectivity index (χ2v) is 13.4. The SMILES string of the molecule is CC(C)C[C@H](NC(=O)OC(C)(C)C)C(=O)N[C@@H](Cc1ccccc1)C(=O)N[C@@H](CC(C)C)C(=O)N[C@@H](Cc1ccccc1)C(=O)O. The third-order valence-electron chi connectivity index (χ3n) is 6.87. The third kappa shape index (κ3) is 14.1. The lowest BCUT2D eigenvalue weighted by Crippen LogP contribution is -2.58. The van der Waals surface area contributed by atoms with Gasteiger partial charge in [0.25, 0.3) is 0 Å². The van der Waals surface area contributed by atoms with E-state index in [0.717, 1.165) is 11.1 Å². The number of hydrogen-bond acceptors (Lipinski definition) is 6. The van der Waals surface area contributed by atoms with Gasteiger partial charge in [-0.05, 0) is 56.6 Å². The highest BCUT2D eigenvalue weighted by molar-refractivity contribution is 5.95. The van der Waals surface area contributed by atoms with Crippen LogP contribution in [0.3, 0.4) is 0 Å². The van der Waals surface area contributed by atoms with Gasteiger partial charge in [0.05, 0.1) is 0 Å². The fourth-order valence-corrected chi connectivity index (χ4v) is 4.78. The van der Waals surface area contributed by atoms with Gasteiger partial charge in [0.1, 0.15) is 29.8 Å². The number of hydrogen-bond donors (Lipinski definition) is 5. The summed E-state index contributed by atoms with van der Waals surface area (Å²) in [5.41, 5.74) is 0.731. The van der Waals surface area contributed by atoms with E-state index >= 15 is 0 Å². The number of carbonyl (C=O) groups excluding carboxylic acids is 4. The first-order chi connectivity index (χ1) is 21.5. The van der Waals surface area contributed by atoms with Crippen molar-refractivity contribution in [2.24, 2.45) is 11.8 Å². The molecule has 0 fully saturated rings. The molecule has 0 aliphatic rings. The molecular formula is C35H50N4O7. The van der Waals surface area contributed by atoms with Crippen molar-refractivity contribution in [1.82, 2.24) is 21.3 Å². The average molecular weight is 639 g/mol. The smallest absolute Gasteiger partial charge is 0.408 e. The molecule has 4 amide bonds. The zero-order valence-electron chi connectivity index (χ0n) is 28.0.